The second kappa shape index (κ2) is 7.44. The molecule has 130 valence electrons. The summed E-state index contributed by atoms with van der Waals surface area (Å²) in [6.45, 7) is 5.21. The van der Waals surface area contributed by atoms with E-state index in [-0.39, 0.29) is 0 Å². The Bertz CT molecular complexity index is 842. The summed E-state index contributed by atoms with van der Waals surface area (Å²) >= 11 is 6.02. The summed E-state index contributed by atoms with van der Waals surface area (Å²) in [5.41, 5.74) is 2.87. The van der Waals surface area contributed by atoms with Crippen molar-refractivity contribution in [3.8, 4) is 17.1 Å². The lowest BCUT2D eigenvalue weighted by molar-refractivity contribution is 0.0322. The molecule has 0 spiro atoms. The zero-order valence-electron chi connectivity index (χ0n) is 13.9. The SMILES string of the molecule is Clc1ccc2nc(-c3ccc(OCCN4CCOCC4)cc3)[nH]c2c1. The number of benzene rings is 2. The molecule has 0 bridgehead atoms. The highest BCUT2D eigenvalue weighted by Crippen LogP contribution is 2.24. The number of aromatic nitrogens is 2. The number of hydrogen-bond acceptors (Lipinski definition) is 4. The zero-order chi connectivity index (χ0) is 17.1. The first-order valence-electron chi connectivity index (χ1n) is 8.46. The van der Waals surface area contributed by atoms with Crippen LogP contribution in [0, 0.1) is 0 Å². The molecule has 0 amide bonds. The van der Waals surface area contributed by atoms with Gasteiger partial charge in [-0.2, -0.15) is 0 Å². The number of nitrogens with one attached hydrogen (secondary N) is 1. The van der Waals surface area contributed by atoms with E-state index in [1.54, 1.807) is 0 Å². The van der Waals surface area contributed by atoms with E-state index in [0.29, 0.717) is 11.6 Å². The number of fused-ring (bicyclic) bond motifs is 1. The van der Waals surface area contributed by atoms with E-state index in [2.05, 4.69) is 14.9 Å². The molecule has 4 rings (SSSR count). The predicted molar refractivity (Wildman–Crippen MR) is 99.3 cm³/mol. The maximum absolute atomic E-state index is 6.02. The van der Waals surface area contributed by atoms with Gasteiger partial charge in [-0.25, -0.2) is 4.98 Å². The van der Waals surface area contributed by atoms with Crippen molar-refractivity contribution in [3.05, 3.63) is 47.5 Å². The largest absolute Gasteiger partial charge is 0.492 e. The normalized spacial score (nSPS) is 15.6. The average molecular weight is 358 g/mol. The van der Waals surface area contributed by atoms with Crippen molar-refractivity contribution in [2.75, 3.05) is 39.5 Å². The quantitative estimate of drug-likeness (QED) is 0.758. The number of imidazole rings is 1. The topological polar surface area (TPSA) is 50.4 Å². The number of rotatable bonds is 5. The van der Waals surface area contributed by atoms with Crippen molar-refractivity contribution in [1.29, 1.82) is 0 Å². The first-order chi connectivity index (χ1) is 12.3. The first kappa shape index (κ1) is 16.4. The van der Waals surface area contributed by atoms with Crippen molar-refractivity contribution < 1.29 is 9.47 Å². The third-order valence-electron chi connectivity index (χ3n) is 4.35. The number of H-pyrrole nitrogens is 1. The molecule has 3 aromatic rings. The van der Waals surface area contributed by atoms with Crippen LogP contribution >= 0.6 is 11.6 Å². The van der Waals surface area contributed by atoms with E-state index in [0.717, 1.165) is 61.0 Å². The van der Waals surface area contributed by atoms with Crippen molar-refractivity contribution in [3.63, 3.8) is 0 Å². The maximum atomic E-state index is 6.02. The maximum Gasteiger partial charge on any atom is 0.138 e. The summed E-state index contributed by atoms with van der Waals surface area (Å²) < 4.78 is 11.2. The fourth-order valence-electron chi connectivity index (χ4n) is 2.94. The van der Waals surface area contributed by atoms with Crippen LogP contribution in [0.3, 0.4) is 0 Å². The van der Waals surface area contributed by atoms with Gasteiger partial charge in [0.05, 0.1) is 24.2 Å². The van der Waals surface area contributed by atoms with E-state index in [1.807, 2.05) is 42.5 Å². The summed E-state index contributed by atoms with van der Waals surface area (Å²) in [6.07, 6.45) is 0. The molecule has 6 heteroatoms. The van der Waals surface area contributed by atoms with E-state index in [9.17, 15) is 0 Å². The number of halogens is 1. The second-order valence-corrected chi connectivity index (χ2v) is 6.51. The monoisotopic (exact) mass is 357 g/mol. The van der Waals surface area contributed by atoms with Gasteiger partial charge in [0.15, 0.2) is 0 Å². The number of aromatic amines is 1. The molecule has 1 saturated heterocycles. The van der Waals surface area contributed by atoms with Crippen molar-refractivity contribution in [2.24, 2.45) is 0 Å². The average Bonchev–Trinajstić information content (AvgIpc) is 3.06. The highest BCUT2D eigenvalue weighted by Gasteiger charge is 2.10. The molecule has 1 aliphatic rings. The Balaban J connectivity index is 1.38. The van der Waals surface area contributed by atoms with E-state index >= 15 is 0 Å². The molecule has 2 aromatic carbocycles. The standard InChI is InChI=1S/C19H20ClN3O2/c20-15-3-6-17-18(13-15)22-19(21-17)14-1-4-16(5-2-14)25-12-9-23-7-10-24-11-8-23/h1-6,13H,7-12H2,(H,21,22). The Morgan fingerprint density at radius 3 is 2.72 bits per heavy atom. The summed E-state index contributed by atoms with van der Waals surface area (Å²) in [5, 5.41) is 0.701. The van der Waals surface area contributed by atoms with Gasteiger partial charge in [-0.05, 0) is 42.5 Å². The van der Waals surface area contributed by atoms with Gasteiger partial charge in [-0.1, -0.05) is 11.6 Å². The molecule has 2 heterocycles. The lowest BCUT2D eigenvalue weighted by Crippen LogP contribution is -2.38. The summed E-state index contributed by atoms with van der Waals surface area (Å²) in [5.74, 6) is 1.70. The van der Waals surface area contributed by atoms with Gasteiger partial charge in [0, 0.05) is 30.2 Å². The van der Waals surface area contributed by atoms with E-state index in [4.69, 9.17) is 21.1 Å². The minimum absolute atomic E-state index is 0.683. The van der Waals surface area contributed by atoms with Crippen molar-refractivity contribution in [1.82, 2.24) is 14.9 Å². The molecule has 5 nitrogen and oxygen atoms in total. The van der Waals surface area contributed by atoms with Crippen LogP contribution in [0.4, 0.5) is 0 Å². The molecule has 0 unspecified atom stereocenters. The third-order valence-corrected chi connectivity index (χ3v) is 4.59. The number of ether oxygens (including phenoxy) is 2. The number of morpholine rings is 1. The van der Waals surface area contributed by atoms with Crippen LogP contribution in [0.2, 0.25) is 5.02 Å². The highest BCUT2D eigenvalue weighted by molar-refractivity contribution is 6.31. The van der Waals surface area contributed by atoms with Crippen molar-refractivity contribution >= 4 is 22.6 Å². The molecule has 0 atom stereocenters. The van der Waals surface area contributed by atoms with Crippen LogP contribution in [0.5, 0.6) is 5.75 Å². The van der Waals surface area contributed by atoms with Gasteiger partial charge in [0.1, 0.15) is 18.2 Å². The molecule has 1 N–H and O–H groups in total. The fraction of sp³-hybridized carbons (Fsp3) is 0.316. The molecule has 0 saturated carbocycles. The Hall–Kier alpha value is -2.08. The van der Waals surface area contributed by atoms with Crippen LogP contribution < -0.4 is 4.74 Å². The van der Waals surface area contributed by atoms with E-state index in [1.165, 1.54) is 0 Å². The Kier molecular flexibility index (Phi) is 4.88. The van der Waals surface area contributed by atoms with Crippen LogP contribution in [-0.4, -0.2) is 54.3 Å². The number of nitrogens with zero attached hydrogens (tertiary/aromatic N) is 2. The van der Waals surface area contributed by atoms with Gasteiger partial charge in [-0.3, -0.25) is 4.90 Å². The molecular weight excluding hydrogens is 338 g/mol. The molecular formula is C19H20ClN3O2. The van der Waals surface area contributed by atoms with Crippen LogP contribution in [-0.2, 0) is 4.74 Å². The Morgan fingerprint density at radius 2 is 1.92 bits per heavy atom. The van der Waals surface area contributed by atoms with Gasteiger partial charge < -0.3 is 14.5 Å². The smallest absolute Gasteiger partial charge is 0.138 e. The lowest BCUT2D eigenvalue weighted by atomic mass is 10.2. The molecule has 1 aromatic heterocycles. The molecule has 0 radical (unpaired) electrons. The first-order valence-corrected chi connectivity index (χ1v) is 8.84. The summed E-state index contributed by atoms with van der Waals surface area (Å²) in [4.78, 5) is 10.3. The van der Waals surface area contributed by atoms with Crippen LogP contribution in [0.15, 0.2) is 42.5 Å². The zero-order valence-corrected chi connectivity index (χ0v) is 14.6. The minimum atomic E-state index is 0.683. The predicted octanol–water partition coefficient (Wildman–Crippen LogP) is 3.59. The third kappa shape index (κ3) is 3.95. The van der Waals surface area contributed by atoms with Gasteiger partial charge in [0.2, 0.25) is 0 Å². The molecule has 1 fully saturated rings. The van der Waals surface area contributed by atoms with Crippen LogP contribution in [0.1, 0.15) is 0 Å². The molecule has 1 aliphatic heterocycles. The van der Waals surface area contributed by atoms with Gasteiger partial charge in [0.25, 0.3) is 0 Å². The molecule has 25 heavy (non-hydrogen) atoms. The Labute approximate surface area is 151 Å². The Morgan fingerprint density at radius 1 is 1.12 bits per heavy atom. The molecule has 0 aliphatic carbocycles. The van der Waals surface area contributed by atoms with E-state index < -0.39 is 0 Å². The summed E-state index contributed by atoms with van der Waals surface area (Å²) in [7, 11) is 0. The lowest BCUT2D eigenvalue weighted by Gasteiger charge is -2.26. The van der Waals surface area contributed by atoms with Crippen molar-refractivity contribution in [2.45, 2.75) is 0 Å². The minimum Gasteiger partial charge on any atom is -0.492 e. The summed E-state index contributed by atoms with van der Waals surface area (Å²) in [6, 6.07) is 13.6. The van der Waals surface area contributed by atoms with Gasteiger partial charge in [-0.15, -0.1) is 0 Å². The highest BCUT2D eigenvalue weighted by atomic mass is 35.5. The van der Waals surface area contributed by atoms with Gasteiger partial charge >= 0.3 is 0 Å². The second-order valence-electron chi connectivity index (χ2n) is 6.07. The van der Waals surface area contributed by atoms with Crippen LogP contribution in [0.25, 0.3) is 22.4 Å². The fourth-order valence-corrected chi connectivity index (χ4v) is 3.12. The number of hydrogen-bond donors (Lipinski definition) is 1.